The second kappa shape index (κ2) is 6.83. The number of nitrogens with one attached hydrogen (secondary N) is 1. The van der Waals surface area contributed by atoms with Gasteiger partial charge in [0, 0.05) is 15.1 Å². The highest BCUT2D eigenvalue weighted by Crippen LogP contribution is 2.31. The fourth-order valence-corrected chi connectivity index (χ4v) is 3.20. The van der Waals surface area contributed by atoms with Crippen LogP contribution in [0.2, 0.25) is 0 Å². The van der Waals surface area contributed by atoms with Crippen LogP contribution in [0.4, 0.5) is 11.4 Å². The van der Waals surface area contributed by atoms with E-state index < -0.39 is 0 Å². The van der Waals surface area contributed by atoms with Crippen molar-refractivity contribution in [3.05, 3.63) is 52.0 Å². The summed E-state index contributed by atoms with van der Waals surface area (Å²) < 4.78 is 1.05. The summed E-state index contributed by atoms with van der Waals surface area (Å²) in [5, 5.41) is 12.8. The van der Waals surface area contributed by atoms with E-state index in [4.69, 9.17) is 0 Å². The summed E-state index contributed by atoms with van der Waals surface area (Å²) in [7, 11) is 0. The Hall–Kier alpha value is -1.44. The van der Waals surface area contributed by atoms with Gasteiger partial charge in [0.1, 0.15) is 6.07 Å². The molecule has 0 amide bonds. The monoisotopic (exact) mass is 346 g/mol. The van der Waals surface area contributed by atoms with E-state index >= 15 is 0 Å². The standard InChI is InChI=1S/C16H15BrN2S/c1-3-20-16-6-4-5-15(13(16)10-18)19-14-8-7-12(17)9-11(14)2/h4-9,19H,3H2,1-2H3. The zero-order valence-corrected chi connectivity index (χ0v) is 13.8. The smallest absolute Gasteiger partial charge is 0.103 e. The highest BCUT2D eigenvalue weighted by atomic mass is 79.9. The Labute approximate surface area is 132 Å². The summed E-state index contributed by atoms with van der Waals surface area (Å²) in [5.41, 5.74) is 3.72. The van der Waals surface area contributed by atoms with Crippen LogP contribution in [0.15, 0.2) is 45.8 Å². The first-order valence-electron chi connectivity index (χ1n) is 6.34. The van der Waals surface area contributed by atoms with E-state index in [-0.39, 0.29) is 0 Å². The number of nitrogens with zero attached hydrogens (tertiary/aromatic N) is 1. The van der Waals surface area contributed by atoms with Crippen molar-refractivity contribution in [1.29, 1.82) is 5.26 Å². The molecule has 2 rings (SSSR count). The van der Waals surface area contributed by atoms with E-state index in [1.807, 2.05) is 37.3 Å². The minimum atomic E-state index is 0.710. The highest BCUT2D eigenvalue weighted by molar-refractivity contribution is 9.10. The molecule has 20 heavy (non-hydrogen) atoms. The van der Waals surface area contributed by atoms with Gasteiger partial charge in [-0.15, -0.1) is 11.8 Å². The molecule has 102 valence electrons. The second-order valence-corrected chi connectivity index (χ2v) is 6.53. The number of hydrogen-bond acceptors (Lipinski definition) is 3. The van der Waals surface area contributed by atoms with Crippen molar-refractivity contribution < 1.29 is 0 Å². The van der Waals surface area contributed by atoms with Gasteiger partial charge in [-0.3, -0.25) is 0 Å². The van der Waals surface area contributed by atoms with Crippen LogP contribution in [0.1, 0.15) is 18.1 Å². The van der Waals surface area contributed by atoms with Crippen LogP contribution < -0.4 is 5.32 Å². The molecule has 4 heteroatoms. The van der Waals surface area contributed by atoms with Crippen LogP contribution in [0.25, 0.3) is 0 Å². The number of hydrogen-bond donors (Lipinski definition) is 1. The molecule has 0 aromatic heterocycles. The summed E-state index contributed by atoms with van der Waals surface area (Å²) in [6.45, 7) is 4.13. The van der Waals surface area contributed by atoms with Gasteiger partial charge in [-0.1, -0.05) is 28.9 Å². The second-order valence-electron chi connectivity index (χ2n) is 4.31. The molecule has 2 aromatic carbocycles. The zero-order chi connectivity index (χ0) is 14.5. The third kappa shape index (κ3) is 3.36. The van der Waals surface area contributed by atoms with Gasteiger partial charge in [0.15, 0.2) is 0 Å². The fraction of sp³-hybridized carbons (Fsp3) is 0.188. The number of rotatable bonds is 4. The van der Waals surface area contributed by atoms with Crippen LogP contribution in [0.3, 0.4) is 0 Å². The topological polar surface area (TPSA) is 35.8 Å². The summed E-state index contributed by atoms with van der Waals surface area (Å²) in [5.74, 6) is 0.954. The van der Waals surface area contributed by atoms with E-state index in [9.17, 15) is 5.26 Å². The molecule has 0 radical (unpaired) electrons. The Morgan fingerprint density at radius 3 is 2.70 bits per heavy atom. The van der Waals surface area contributed by atoms with Crippen LogP contribution >= 0.6 is 27.7 Å². The predicted molar refractivity (Wildman–Crippen MR) is 89.7 cm³/mol. The van der Waals surface area contributed by atoms with Crippen molar-refractivity contribution in [2.45, 2.75) is 18.7 Å². The quantitative estimate of drug-likeness (QED) is 0.744. The van der Waals surface area contributed by atoms with Crippen molar-refractivity contribution >= 4 is 39.1 Å². The normalized spacial score (nSPS) is 10.1. The van der Waals surface area contributed by atoms with Gasteiger partial charge >= 0.3 is 0 Å². The largest absolute Gasteiger partial charge is 0.354 e. The number of halogens is 1. The molecule has 1 N–H and O–H groups in total. The summed E-state index contributed by atoms with van der Waals surface area (Å²) >= 11 is 5.15. The lowest BCUT2D eigenvalue weighted by molar-refractivity contribution is 1.33. The molecule has 2 nitrogen and oxygen atoms in total. The van der Waals surface area contributed by atoms with Gasteiger partial charge < -0.3 is 5.32 Å². The van der Waals surface area contributed by atoms with Crippen molar-refractivity contribution in [3.63, 3.8) is 0 Å². The molecule has 0 heterocycles. The molecule has 0 spiro atoms. The summed E-state index contributed by atoms with van der Waals surface area (Å²) in [4.78, 5) is 1.02. The molecule has 0 aliphatic heterocycles. The molecule has 0 unspecified atom stereocenters. The predicted octanol–water partition coefficient (Wildman–Crippen LogP) is 5.48. The fourth-order valence-electron chi connectivity index (χ4n) is 1.94. The van der Waals surface area contributed by atoms with E-state index in [1.54, 1.807) is 11.8 Å². The van der Waals surface area contributed by atoms with Crippen molar-refractivity contribution in [2.24, 2.45) is 0 Å². The molecule has 0 saturated carbocycles. The van der Waals surface area contributed by atoms with Gasteiger partial charge in [-0.05, 0) is 48.6 Å². The van der Waals surface area contributed by atoms with Crippen molar-refractivity contribution in [3.8, 4) is 6.07 Å². The van der Waals surface area contributed by atoms with Gasteiger partial charge in [-0.25, -0.2) is 0 Å². The zero-order valence-electron chi connectivity index (χ0n) is 11.4. The van der Waals surface area contributed by atoms with Crippen molar-refractivity contribution in [1.82, 2.24) is 0 Å². The van der Waals surface area contributed by atoms with Gasteiger partial charge in [0.05, 0.1) is 11.3 Å². The lowest BCUT2D eigenvalue weighted by atomic mass is 10.1. The molecule has 2 aromatic rings. The maximum Gasteiger partial charge on any atom is 0.103 e. The average molecular weight is 347 g/mol. The number of anilines is 2. The molecule has 0 fully saturated rings. The molecule has 0 aliphatic rings. The molecule has 0 saturated heterocycles. The molecule has 0 aliphatic carbocycles. The van der Waals surface area contributed by atoms with Crippen LogP contribution in [0.5, 0.6) is 0 Å². The third-order valence-corrected chi connectivity index (χ3v) is 4.33. The lowest BCUT2D eigenvalue weighted by Gasteiger charge is -2.13. The minimum absolute atomic E-state index is 0.710. The first kappa shape index (κ1) is 15.0. The lowest BCUT2D eigenvalue weighted by Crippen LogP contribution is -1.97. The third-order valence-electron chi connectivity index (χ3n) is 2.90. The van der Waals surface area contributed by atoms with Crippen LogP contribution in [-0.4, -0.2) is 5.75 Å². The number of thioether (sulfide) groups is 1. The van der Waals surface area contributed by atoms with Crippen LogP contribution in [0, 0.1) is 18.3 Å². The number of aryl methyl sites for hydroxylation is 1. The van der Waals surface area contributed by atoms with E-state index in [2.05, 4.69) is 40.3 Å². The van der Waals surface area contributed by atoms with Gasteiger partial charge in [-0.2, -0.15) is 5.26 Å². The highest BCUT2D eigenvalue weighted by Gasteiger charge is 2.09. The maximum absolute atomic E-state index is 9.41. The SMILES string of the molecule is CCSc1cccc(Nc2ccc(Br)cc2C)c1C#N. The maximum atomic E-state index is 9.41. The van der Waals surface area contributed by atoms with Crippen molar-refractivity contribution in [2.75, 3.05) is 11.1 Å². The Bertz CT molecular complexity index is 662. The first-order valence-corrected chi connectivity index (χ1v) is 8.12. The Morgan fingerprint density at radius 2 is 2.05 bits per heavy atom. The van der Waals surface area contributed by atoms with E-state index in [1.165, 1.54) is 0 Å². The Morgan fingerprint density at radius 1 is 1.25 bits per heavy atom. The minimum Gasteiger partial charge on any atom is -0.354 e. The first-order chi connectivity index (χ1) is 9.65. The molecular weight excluding hydrogens is 332 g/mol. The van der Waals surface area contributed by atoms with Crippen LogP contribution in [-0.2, 0) is 0 Å². The Kier molecular flexibility index (Phi) is 5.11. The average Bonchev–Trinajstić information content (AvgIpc) is 2.42. The number of benzene rings is 2. The van der Waals surface area contributed by atoms with Gasteiger partial charge in [0.25, 0.3) is 0 Å². The molecular formula is C16H15BrN2S. The Balaban J connectivity index is 2.38. The van der Waals surface area contributed by atoms with E-state index in [0.717, 1.165) is 32.1 Å². The molecule has 0 bridgehead atoms. The number of nitriles is 1. The molecule has 0 atom stereocenters. The van der Waals surface area contributed by atoms with E-state index in [0.29, 0.717) is 5.56 Å². The van der Waals surface area contributed by atoms with Gasteiger partial charge in [0.2, 0.25) is 0 Å². The summed E-state index contributed by atoms with van der Waals surface area (Å²) in [6.07, 6.45) is 0. The summed E-state index contributed by atoms with van der Waals surface area (Å²) in [6, 6.07) is 14.3.